The molecule has 1 aromatic heterocycles. The fourth-order valence-electron chi connectivity index (χ4n) is 1.51. The fraction of sp³-hybridized carbons (Fsp3) is 0.154. The molecule has 1 aromatic carbocycles. The third-order valence-corrected chi connectivity index (χ3v) is 2.48. The summed E-state index contributed by atoms with van der Waals surface area (Å²) >= 11 is 0. The van der Waals surface area contributed by atoms with E-state index in [9.17, 15) is 8.78 Å². The van der Waals surface area contributed by atoms with Crippen LogP contribution in [-0.4, -0.2) is 11.6 Å². The monoisotopic (exact) mass is 265 g/mol. The molecule has 0 spiro atoms. The molecular weight excluding hydrogens is 252 g/mol. The Hall–Kier alpha value is -2.37. The number of benzene rings is 1. The first-order valence-corrected chi connectivity index (χ1v) is 5.59. The molecule has 0 saturated carbocycles. The van der Waals surface area contributed by atoms with Crippen LogP contribution in [0, 0.1) is 6.92 Å². The van der Waals surface area contributed by atoms with Crippen molar-refractivity contribution in [3.63, 3.8) is 0 Å². The number of nitrogens with one attached hydrogen (secondary N) is 1. The van der Waals surface area contributed by atoms with Crippen LogP contribution in [-0.2, 0) is 0 Å². The predicted molar refractivity (Wildman–Crippen MR) is 69.7 cm³/mol. The van der Waals surface area contributed by atoms with Gasteiger partial charge in [0.1, 0.15) is 11.6 Å². The summed E-state index contributed by atoms with van der Waals surface area (Å²) in [5, 5.41) is 3.04. The lowest BCUT2D eigenvalue weighted by Crippen LogP contribution is -2.02. The topological polar surface area (TPSA) is 60.2 Å². The Kier molecular flexibility index (Phi) is 3.79. The molecule has 0 fully saturated rings. The Morgan fingerprint density at radius 3 is 2.42 bits per heavy atom. The maximum atomic E-state index is 12.0. The predicted octanol–water partition coefficient (Wildman–Crippen LogP) is 3.32. The molecule has 0 amide bonds. The summed E-state index contributed by atoms with van der Waals surface area (Å²) in [7, 11) is 0. The van der Waals surface area contributed by atoms with Crippen LogP contribution in [0.15, 0.2) is 36.4 Å². The number of alkyl halides is 2. The number of anilines is 3. The molecule has 0 aliphatic carbocycles. The number of hydrogen-bond donors (Lipinski definition) is 2. The normalized spacial score (nSPS) is 10.5. The van der Waals surface area contributed by atoms with Crippen molar-refractivity contribution in [3.05, 3.63) is 42.1 Å². The molecule has 6 heteroatoms. The lowest BCUT2D eigenvalue weighted by molar-refractivity contribution is -0.0498. The Bertz CT molecular complexity index is 558. The van der Waals surface area contributed by atoms with E-state index in [0.717, 1.165) is 11.4 Å². The van der Waals surface area contributed by atoms with Gasteiger partial charge in [0.2, 0.25) is 0 Å². The maximum Gasteiger partial charge on any atom is 0.387 e. The number of halogens is 2. The van der Waals surface area contributed by atoms with Crippen molar-refractivity contribution in [1.82, 2.24) is 4.98 Å². The minimum atomic E-state index is -2.82. The lowest BCUT2D eigenvalue weighted by Gasteiger charge is -2.09. The number of hydrogen-bond acceptors (Lipinski definition) is 4. The first-order chi connectivity index (χ1) is 9.04. The van der Waals surface area contributed by atoms with Crippen molar-refractivity contribution >= 4 is 17.2 Å². The number of aryl methyl sites for hydroxylation is 1. The van der Waals surface area contributed by atoms with E-state index in [4.69, 9.17) is 5.73 Å². The fourth-order valence-corrected chi connectivity index (χ4v) is 1.51. The first kappa shape index (κ1) is 13.1. The molecule has 2 rings (SSSR count). The first-order valence-electron chi connectivity index (χ1n) is 5.59. The van der Waals surface area contributed by atoms with Crippen molar-refractivity contribution in [2.24, 2.45) is 0 Å². The standard InChI is InChI=1S/C13H13F2N3O/c1-8-11(16)6-7-12(17-8)18-9-2-4-10(5-3-9)19-13(14)15/h2-7,13H,16H2,1H3,(H,17,18). The molecule has 2 aromatic rings. The minimum Gasteiger partial charge on any atom is -0.435 e. The zero-order chi connectivity index (χ0) is 13.8. The maximum absolute atomic E-state index is 12.0. The van der Waals surface area contributed by atoms with Gasteiger partial charge in [-0.3, -0.25) is 0 Å². The van der Waals surface area contributed by atoms with E-state index in [1.54, 1.807) is 31.2 Å². The Morgan fingerprint density at radius 1 is 1.16 bits per heavy atom. The quantitative estimate of drug-likeness (QED) is 0.890. The van der Waals surface area contributed by atoms with Crippen LogP contribution < -0.4 is 15.8 Å². The van der Waals surface area contributed by atoms with Crippen molar-refractivity contribution in [2.75, 3.05) is 11.1 Å². The van der Waals surface area contributed by atoms with E-state index in [0.29, 0.717) is 11.5 Å². The number of nitrogens with zero attached hydrogens (tertiary/aromatic N) is 1. The van der Waals surface area contributed by atoms with Gasteiger partial charge in [0.25, 0.3) is 0 Å². The van der Waals surface area contributed by atoms with Crippen LogP contribution in [0.4, 0.5) is 26.0 Å². The molecule has 4 nitrogen and oxygen atoms in total. The second-order valence-corrected chi connectivity index (χ2v) is 3.90. The summed E-state index contributed by atoms with van der Waals surface area (Å²) in [6.45, 7) is -1.01. The molecule has 1 heterocycles. The largest absolute Gasteiger partial charge is 0.435 e. The van der Waals surface area contributed by atoms with Gasteiger partial charge in [-0.15, -0.1) is 0 Å². The second kappa shape index (κ2) is 5.51. The summed E-state index contributed by atoms with van der Waals surface area (Å²) in [4.78, 5) is 4.25. The van der Waals surface area contributed by atoms with Crippen LogP contribution in [0.1, 0.15) is 5.69 Å². The van der Waals surface area contributed by atoms with E-state index < -0.39 is 6.61 Å². The van der Waals surface area contributed by atoms with Crippen LogP contribution >= 0.6 is 0 Å². The van der Waals surface area contributed by atoms with Crippen molar-refractivity contribution in [1.29, 1.82) is 0 Å². The molecule has 0 atom stereocenters. The van der Waals surface area contributed by atoms with Crippen molar-refractivity contribution in [3.8, 4) is 5.75 Å². The highest BCUT2D eigenvalue weighted by atomic mass is 19.3. The SMILES string of the molecule is Cc1nc(Nc2ccc(OC(F)F)cc2)ccc1N. The van der Waals surface area contributed by atoms with Crippen LogP contribution in [0.25, 0.3) is 0 Å². The highest BCUT2D eigenvalue weighted by molar-refractivity contribution is 5.59. The highest BCUT2D eigenvalue weighted by Gasteiger charge is 2.04. The minimum absolute atomic E-state index is 0.113. The van der Waals surface area contributed by atoms with Gasteiger partial charge in [-0.2, -0.15) is 8.78 Å². The summed E-state index contributed by atoms with van der Waals surface area (Å²) in [6, 6.07) is 9.66. The zero-order valence-corrected chi connectivity index (χ0v) is 10.2. The van der Waals surface area contributed by atoms with Gasteiger partial charge >= 0.3 is 6.61 Å². The number of nitrogens with two attached hydrogens (primary N) is 1. The summed E-state index contributed by atoms with van der Waals surface area (Å²) < 4.78 is 28.2. The van der Waals surface area contributed by atoms with Gasteiger partial charge < -0.3 is 15.8 Å². The van der Waals surface area contributed by atoms with Gasteiger partial charge in [-0.25, -0.2) is 4.98 Å². The molecular formula is C13H13F2N3O. The van der Waals surface area contributed by atoms with E-state index in [2.05, 4.69) is 15.0 Å². The Labute approximate surface area is 109 Å². The van der Waals surface area contributed by atoms with Gasteiger partial charge in [0.15, 0.2) is 0 Å². The van der Waals surface area contributed by atoms with E-state index >= 15 is 0 Å². The van der Waals surface area contributed by atoms with Crippen molar-refractivity contribution in [2.45, 2.75) is 13.5 Å². The molecule has 100 valence electrons. The summed E-state index contributed by atoms with van der Waals surface area (Å²) in [6.07, 6.45) is 0. The van der Waals surface area contributed by atoms with Gasteiger partial charge in [0, 0.05) is 5.69 Å². The average Bonchev–Trinajstić information content (AvgIpc) is 2.36. The third-order valence-electron chi connectivity index (χ3n) is 2.48. The lowest BCUT2D eigenvalue weighted by atomic mass is 10.3. The molecule has 0 unspecified atom stereocenters. The van der Waals surface area contributed by atoms with Crippen LogP contribution in [0.2, 0.25) is 0 Å². The number of aromatic nitrogens is 1. The van der Waals surface area contributed by atoms with Crippen molar-refractivity contribution < 1.29 is 13.5 Å². The number of pyridine rings is 1. The molecule has 0 radical (unpaired) electrons. The van der Waals surface area contributed by atoms with Crippen LogP contribution in [0.3, 0.4) is 0 Å². The molecule has 0 aliphatic rings. The number of ether oxygens (including phenoxy) is 1. The average molecular weight is 265 g/mol. The number of rotatable bonds is 4. The summed E-state index contributed by atoms with van der Waals surface area (Å²) in [5.74, 6) is 0.747. The van der Waals surface area contributed by atoms with Gasteiger partial charge in [-0.05, 0) is 43.3 Å². The molecule has 0 saturated heterocycles. The molecule has 0 bridgehead atoms. The third kappa shape index (κ3) is 3.54. The van der Waals surface area contributed by atoms with E-state index in [1.165, 1.54) is 12.1 Å². The number of nitrogen functional groups attached to an aromatic ring is 1. The highest BCUT2D eigenvalue weighted by Crippen LogP contribution is 2.21. The Morgan fingerprint density at radius 2 is 1.84 bits per heavy atom. The van der Waals surface area contributed by atoms with Gasteiger partial charge in [-0.1, -0.05) is 0 Å². The van der Waals surface area contributed by atoms with E-state index in [-0.39, 0.29) is 5.75 Å². The van der Waals surface area contributed by atoms with Crippen LogP contribution in [0.5, 0.6) is 5.75 Å². The van der Waals surface area contributed by atoms with E-state index in [1.807, 2.05) is 0 Å². The Balaban J connectivity index is 2.08. The molecule has 19 heavy (non-hydrogen) atoms. The van der Waals surface area contributed by atoms with Gasteiger partial charge in [0.05, 0.1) is 11.4 Å². The molecule has 0 aliphatic heterocycles. The zero-order valence-electron chi connectivity index (χ0n) is 10.2. The smallest absolute Gasteiger partial charge is 0.387 e. The second-order valence-electron chi connectivity index (χ2n) is 3.90. The summed E-state index contributed by atoms with van der Waals surface area (Å²) in [5.41, 5.74) is 7.73. The molecule has 3 N–H and O–H groups in total.